The molecule has 0 aromatic heterocycles. The summed E-state index contributed by atoms with van der Waals surface area (Å²) in [5, 5.41) is 3.24. The second-order valence-corrected chi connectivity index (χ2v) is 11.0. The van der Waals surface area contributed by atoms with Crippen LogP contribution in [0.2, 0.25) is 0 Å². The van der Waals surface area contributed by atoms with Gasteiger partial charge >= 0.3 is 12.2 Å². The third-order valence-corrected chi connectivity index (χ3v) is 5.54. The summed E-state index contributed by atoms with van der Waals surface area (Å²) in [5.74, 6) is 0. The van der Waals surface area contributed by atoms with Crippen molar-refractivity contribution in [2.24, 2.45) is 5.41 Å². The molecule has 1 aromatic carbocycles. The van der Waals surface area contributed by atoms with Crippen molar-refractivity contribution in [3.8, 4) is 0 Å². The molecule has 1 unspecified atom stereocenters. The second-order valence-electron chi connectivity index (χ2n) is 8.99. The van der Waals surface area contributed by atoms with Gasteiger partial charge in [-0.15, -0.1) is 9.03 Å². The van der Waals surface area contributed by atoms with Crippen LogP contribution in [0.15, 0.2) is 30.3 Å². The Labute approximate surface area is 197 Å². The molecule has 31 heavy (non-hydrogen) atoms. The van der Waals surface area contributed by atoms with Crippen LogP contribution in [0.25, 0.3) is 0 Å². The van der Waals surface area contributed by atoms with Gasteiger partial charge in [-0.1, -0.05) is 67.0 Å². The molecule has 2 atom stereocenters. The largest absolute Gasteiger partial charge is 0.573 e. The molecule has 0 radical (unpaired) electrons. The summed E-state index contributed by atoms with van der Waals surface area (Å²) in [6.45, 7) is 11.6. The highest BCUT2D eigenvalue weighted by Crippen LogP contribution is 2.20. The average molecular weight is 520 g/mol. The summed E-state index contributed by atoms with van der Waals surface area (Å²) in [6, 6.07) is 8.87. The quantitative estimate of drug-likeness (QED) is 0.375. The zero-order valence-electron chi connectivity index (χ0n) is 19.1. The highest BCUT2D eigenvalue weighted by Gasteiger charge is 2.33. The number of carbonyl (C=O) groups is 2. The zero-order valence-corrected chi connectivity index (χ0v) is 21.5. The predicted molar refractivity (Wildman–Crippen MR) is 126 cm³/mol. The van der Waals surface area contributed by atoms with Crippen LogP contribution in [0.5, 0.6) is 0 Å². The smallest absolute Gasteiger partial charge is 0.453 e. The van der Waals surface area contributed by atoms with Gasteiger partial charge in [0, 0.05) is 5.33 Å². The van der Waals surface area contributed by atoms with E-state index in [0.717, 1.165) is 9.87 Å². The molecule has 0 aliphatic heterocycles. The minimum Gasteiger partial charge on any atom is -0.573 e. The molecular weight excluding hydrogens is 486 g/mol. The average Bonchev–Trinajstić information content (AvgIpc) is 2.65. The van der Waals surface area contributed by atoms with Crippen molar-refractivity contribution in [3.63, 3.8) is 0 Å². The molecule has 2 N–H and O–H groups in total. The Morgan fingerprint density at radius 3 is 2.29 bits per heavy atom. The number of alkyl halides is 1. The molecule has 0 saturated heterocycles. The maximum absolute atomic E-state index is 12.8. The van der Waals surface area contributed by atoms with Gasteiger partial charge in [-0.25, -0.2) is 9.59 Å². The van der Waals surface area contributed by atoms with E-state index in [1.54, 1.807) is 20.8 Å². The molecule has 176 valence electrons. The van der Waals surface area contributed by atoms with Crippen molar-refractivity contribution < 1.29 is 23.6 Å². The molecule has 2 amide bonds. The SMILES string of the molecule is CC(C)(C)OC(=O)N[C@H](CN[S+]([O-])N(CCBr)C(=O)OCc1ccccc1)C(C)(C)C. The normalized spacial score (nSPS) is 13.8. The van der Waals surface area contributed by atoms with Gasteiger partial charge in [0.15, 0.2) is 11.5 Å². The molecule has 0 aliphatic rings. The van der Waals surface area contributed by atoms with Crippen molar-refractivity contribution in [1.29, 1.82) is 0 Å². The first kappa shape index (κ1) is 27.5. The van der Waals surface area contributed by atoms with Gasteiger partial charge in [-0.2, -0.15) is 0 Å². The number of ether oxygens (including phenoxy) is 2. The maximum Gasteiger partial charge on any atom is 0.453 e. The second kappa shape index (κ2) is 12.5. The molecule has 10 heteroatoms. The molecule has 0 fully saturated rings. The van der Waals surface area contributed by atoms with Crippen LogP contribution >= 0.6 is 15.9 Å². The Bertz CT molecular complexity index is 694. The number of nitrogens with zero attached hydrogens (tertiary/aromatic N) is 1. The van der Waals surface area contributed by atoms with Gasteiger partial charge in [0.1, 0.15) is 12.2 Å². The van der Waals surface area contributed by atoms with E-state index in [0.29, 0.717) is 5.33 Å². The monoisotopic (exact) mass is 519 g/mol. The number of rotatable bonds is 9. The van der Waals surface area contributed by atoms with Crippen LogP contribution in [0.3, 0.4) is 0 Å². The van der Waals surface area contributed by atoms with E-state index in [4.69, 9.17) is 9.47 Å². The van der Waals surface area contributed by atoms with Crippen LogP contribution < -0.4 is 10.0 Å². The van der Waals surface area contributed by atoms with Crippen LogP contribution in [-0.4, -0.2) is 51.1 Å². The van der Waals surface area contributed by atoms with Crippen molar-refractivity contribution in [2.75, 3.05) is 18.4 Å². The van der Waals surface area contributed by atoms with Crippen molar-refractivity contribution >= 4 is 39.7 Å². The molecule has 0 bridgehead atoms. The van der Waals surface area contributed by atoms with Crippen LogP contribution in [-0.2, 0) is 27.6 Å². The summed E-state index contributed by atoms with van der Waals surface area (Å²) >= 11 is 1.42. The van der Waals surface area contributed by atoms with E-state index in [2.05, 4.69) is 26.0 Å². The molecule has 0 aliphatic carbocycles. The first-order chi connectivity index (χ1) is 14.3. The van der Waals surface area contributed by atoms with Crippen LogP contribution in [0.1, 0.15) is 47.1 Å². The van der Waals surface area contributed by atoms with E-state index in [1.807, 2.05) is 51.1 Å². The van der Waals surface area contributed by atoms with Crippen molar-refractivity contribution in [3.05, 3.63) is 35.9 Å². The fraction of sp³-hybridized carbons (Fsp3) is 0.619. The fourth-order valence-corrected chi connectivity index (χ4v) is 3.87. The standard InChI is InChI=1S/C21H34BrN3O5S/c1-20(2,3)17(24-18(26)30-21(4,5)6)14-23-31(28)25(13-12-22)19(27)29-15-16-10-8-7-9-11-16/h7-11,17,23H,12-15H2,1-6H3,(H,24,26)/t17-,31?/m1/s1. The molecule has 0 spiro atoms. The number of hydrogen-bond donors (Lipinski definition) is 2. The number of carbonyl (C=O) groups excluding carboxylic acids is 2. The number of amides is 2. The highest BCUT2D eigenvalue weighted by molar-refractivity contribution is 9.09. The Morgan fingerprint density at radius 1 is 1.16 bits per heavy atom. The number of benzene rings is 1. The van der Waals surface area contributed by atoms with Gasteiger partial charge < -0.3 is 19.3 Å². The summed E-state index contributed by atoms with van der Waals surface area (Å²) in [5.41, 5.74) is -0.136. The van der Waals surface area contributed by atoms with E-state index in [9.17, 15) is 14.1 Å². The molecule has 0 saturated carbocycles. The Morgan fingerprint density at radius 2 is 1.77 bits per heavy atom. The molecule has 0 heterocycles. The lowest BCUT2D eigenvalue weighted by atomic mass is 9.87. The lowest BCUT2D eigenvalue weighted by Gasteiger charge is -2.33. The Hall–Kier alpha value is -1.49. The van der Waals surface area contributed by atoms with Gasteiger partial charge in [-0.05, 0) is 31.7 Å². The topological polar surface area (TPSA) is 103 Å². The van der Waals surface area contributed by atoms with Crippen molar-refractivity contribution in [1.82, 2.24) is 14.3 Å². The Kier molecular flexibility index (Phi) is 11.1. The van der Waals surface area contributed by atoms with Gasteiger partial charge in [0.05, 0.1) is 19.1 Å². The summed E-state index contributed by atoms with van der Waals surface area (Å²) in [7, 11) is 0. The summed E-state index contributed by atoms with van der Waals surface area (Å²) in [4.78, 5) is 24.7. The van der Waals surface area contributed by atoms with E-state index < -0.39 is 35.4 Å². The third-order valence-electron chi connectivity index (χ3n) is 4.04. The lowest BCUT2D eigenvalue weighted by Crippen LogP contribution is -2.54. The predicted octanol–water partition coefficient (Wildman–Crippen LogP) is 4.13. The molecular formula is C21H34BrN3O5S. The summed E-state index contributed by atoms with van der Waals surface area (Å²) in [6.07, 6.45) is -1.25. The van der Waals surface area contributed by atoms with Gasteiger partial charge in [-0.3, -0.25) is 0 Å². The number of alkyl carbamates (subject to hydrolysis) is 1. The fourth-order valence-electron chi connectivity index (χ4n) is 2.37. The first-order valence-electron chi connectivity index (χ1n) is 10.0. The number of halogens is 1. The van der Waals surface area contributed by atoms with Crippen molar-refractivity contribution in [2.45, 2.75) is 59.8 Å². The minimum atomic E-state index is -1.85. The Balaban J connectivity index is 2.71. The van der Waals surface area contributed by atoms with E-state index in [-0.39, 0.29) is 25.1 Å². The first-order valence-corrected chi connectivity index (χ1v) is 12.3. The molecule has 8 nitrogen and oxygen atoms in total. The highest BCUT2D eigenvalue weighted by atomic mass is 79.9. The number of hydrogen-bond acceptors (Lipinski definition) is 6. The number of nitrogens with one attached hydrogen (secondary N) is 2. The third kappa shape index (κ3) is 11.1. The molecule has 1 aromatic rings. The van der Waals surface area contributed by atoms with Crippen LogP contribution in [0.4, 0.5) is 9.59 Å². The lowest BCUT2D eigenvalue weighted by molar-refractivity contribution is 0.0465. The molecule has 1 rings (SSSR count). The van der Waals surface area contributed by atoms with E-state index >= 15 is 0 Å². The van der Waals surface area contributed by atoms with Gasteiger partial charge in [0.25, 0.3) is 0 Å². The van der Waals surface area contributed by atoms with Crippen LogP contribution in [0, 0.1) is 5.41 Å². The minimum absolute atomic E-state index is 0.0838. The maximum atomic E-state index is 12.8. The van der Waals surface area contributed by atoms with E-state index in [1.165, 1.54) is 0 Å². The summed E-state index contributed by atoms with van der Waals surface area (Å²) < 4.78 is 27.3. The van der Waals surface area contributed by atoms with Gasteiger partial charge in [0.2, 0.25) is 0 Å². The zero-order chi connectivity index (χ0) is 23.7.